The van der Waals surface area contributed by atoms with E-state index in [0.29, 0.717) is 0 Å². The molecule has 0 aliphatic heterocycles. The maximum Gasteiger partial charge on any atom is 0.0426 e. The molecule has 2 heteroatoms. The normalized spacial score (nSPS) is 15.4. The molecule has 0 unspecified atom stereocenters. The molecule has 1 aliphatic carbocycles. The Morgan fingerprint density at radius 1 is 1.00 bits per heavy atom. The summed E-state index contributed by atoms with van der Waals surface area (Å²) in [6, 6.07) is 17.4. The van der Waals surface area contributed by atoms with Gasteiger partial charge in [0, 0.05) is 25.0 Å². The van der Waals surface area contributed by atoms with Crippen LogP contribution in [0.15, 0.2) is 78.0 Å². The summed E-state index contributed by atoms with van der Waals surface area (Å²) in [5, 5.41) is 0. The number of benzene rings is 2. The van der Waals surface area contributed by atoms with Crippen molar-refractivity contribution in [3.8, 4) is 0 Å². The molecule has 0 bridgehead atoms. The van der Waals surface area contributed by atoms with E-state index in [4.69, 9.17) is 5.73 Å². The molecule has 0 atom stereocenters. The van der Waals surface area contributed by atoms with Gasteiger partial charge < -0.3 is 10.6 Å². The van der Waals surface area contributed by atoms with Crippen molar-refractivity contribution in [1.82, 2.24) is 0 Å². The molecule has 24 heavy (non-hydrogen) atoms. The first-order chi connectivity index (χ1) is 11.6. The van der Waals surface area contributed by atoms with Crippen molar-refractivity contribution in [2.75, 3.05) is 11.9 Å². The second kappa shape index (κ2) is 7.22. The Hall–Kier alpha value is -2.74. The molecule has 0 saturated heterocycles. The van der Waals surface area contributed by atoms with Crippen molar-refractivity contribution in [3.63, 3.8) is 0 Å². The lowest BCUT2D eigenvalue weighted by Crippen LogP contribution is -2.16. The predicted molar refractivity (Wildman–Crippen MR) is 104 cm³/mol. The lowest BCUT2D eigenvalue weighted by molar-refractivity contribution is 0.922. The van der Waals surface area contributed by atoms with Crippen LogP contribution in [0.25, 0.3) is 6.08 Å². The minimum Gasteiger partial charge on any atom is -0.399 e. The van der Waals surface area contributed by atoms with Gasteiger partial charge in [0.2, 0.25) is 0 Å². The van der Waals surface area contributed by atoms with Crippen LogP contribution >= 0.6 is 0 Å². The Labute approximate surface area is 144 Å². The zero-order chi connectivity index (χ0) is 16.9. The van der Waals surface area contributed by atoms with Crippen LogP contribution in [-0.2, 0) is 6.54 Å². The maximum atomic E-state index is 5.76. The van der Waals surface area contributed by atoms with E-state index in [1.807, 2.05) is 6.08 Å². The van der Waals surface area contributed by atoms with Gasteiger partial charge in [-0.15, -0.1) is 0 Å². The number of allylic oxidation sites excluding steroid dienone is 4. The van der Waals surface area contributed by atoms with Crippen LogP contribution in [0.5, 0.6) is 0 Å². The van der Waals surface area contributed by atoms with Gasteiger partial charge in [0.25, 0.3) is 0 Å². The minimum absolute atomic E-state index is 0.847. The highest BCUT2D eigenvalue weighted by Gasteiger charge is 2.03. The topological polar surface area (TPSA) is 29.3 Å². The summed E-state index contributed by atoms with van der Waals surface area (Å²) in [5.41, 5.74) is 13.0. The summed E-state index contributed by atoms with van der Waals surface area (Å²) < 4.78 is 0. The molecular weight excluding hydrogens is 292 g/mol. The van der Waals surface area contributed by atoms with Gasteiger partial charge in [0.1, 0.15) is 0 Å². The van der Waals surface area contributed by atoms with E-state index in [9.17, 15) is 0 Å². The van der Waals surface area contributed by atoms with E-state index in [2.05, 4.69) is 85.6 Å². The Balaban J connectivity index is 1.66. The van der Waals surface area contributed by atoms with Gasteiger partial charge in [-0.25, -0.2) is 0 Å². The summed E-state index contributed by atoms with van der Waals surface area (Å²) in [6.07, 6.45) is 9.21. The Morgan fingerprint density at radius 3 is 2.33 bits per heavy atom. The van der Waals surface area contributed by atoms with E-state index >= 15 is 0 Å². The van der Waals surface area contributed by atoms with Gasteiger partial charge in [-0.3, -0.25) is 0 Å². The van der Waals surface area contributed by atoms with Gasteiger partial charge in [-0.1, -0.05) is 60.2 Å². The third-order valence-corrected chi connectivity index (χ3v) is 4.29. The SMILES string of the molecule is Cc1ccc(CN(C)c2ccc(C=C3C=CC(N)=CC3)cc2)cc1. The molecule has 2 N–H and O–H groups in total. The molecule has 2 nitrogen and oxygen atoms in total. The van der Waals surface area contributed by atoms with Gasteiger partial charge in [0.15, 0.2) is 0 Å². The quantitative estimate of drug-likeness (QED) is 0.876. The standard InChI is InChI=1S/C22H24N2/c1-17-3-5-20(6-4-17)16-24(2)22-13-9-19(10-14-22)15-18-7-11-21(23)12-8-18/h3-7,9-15H,8,16,23H2,1-2H3. The fourth-order valence-corrected chi connectivity index (χ4v) is 2.78. The van der Waals surface area contributed by atoms with E-state index in [1.54, 1.807) is 0 Å². The molecule has 0 saturated carbocycles. The number of anilines is 1. The minimum atomic E-state index is 0.847. The number of nitrogens with zero attached hydrogens (tertiary/aromatic N) is 1. The van der Waals surface area contributed by atoms with Crippen LogP contribution in [0.1, 0.15) is 23.1 Å². The van der Waals surface area contributed by atoms with Crippen LogP contribution < -0.4 is 10.6 Å². The molecule has 1 aliphatic rings. The maximum absolute atomic E-state index is 5.76. The number of hydrogen-bond acceptors (Lipinski definition) is 2. The lowest BCUT2D eigenvalue weighted by Gasteiger charge is -2.19. The molecule has 0 fully saturated rings. The Bertz CT molecular complexity index is 778. The summed E-state index contributed by atoms with van der Waals surface area (Å²) >= 11 is 0. The fourth-order valence-electron chi connectivity index (χ4n) is 2.78. The van der Waals surface area contributed by atoms with E-state index < -0.39 is 0 Å². The van der Waals surface area contributed by atoms with Crippen LogP contribution in [0.3, 0.4) is 0 Å². The van der Waals surface area contributed by atoms with E-state index in [1.165, 1.54) is 28.0 Å². The molecule has 2 aromatic carbocycles. The molecule has 122 valence electrons. The highest BCUT2D eigenvalue weighted by atomic mass is 15.1. The third kappa shape index (κ3) is 4.17. The van der Waals surface area contributed by atoms with Crippen molar-refractivity contribution in [2.45, 2.75) is 19.9 Å². The summed E-state index contributed by atoms with van der Waals surface area (Å²) in [7, 11) is 2.13. The number of nitrogens with two attached hydrogens (primary N) is 1. The smallest absolute Gasteiger partial charge is 0.0426 e. The number of aryl methyl sites for hydroxylation is 1. The van der Waals surface area contributed by atoms with Gasteiger partial charge in [0.05, 0.1) is 0 Å². The molecule has 3 rings (SSSR count). The third-order valence-electron chi connectivity index (χ3n) is 4.29. The molecule has 0 amide bonds. The Morgan fingerprint density at radius 2 is 1.71 bits per heavy atom. The van der Waals surface area contributed by atoms with E-state index in [0.717, 1.165) is 18.7 Å². The average Bonchev–Trinajstić information content (AvgIpc) is 2.59. The van der Waals surface area contributed by atoms with Gasteiger partial charge in [-0.05, 0) is 48.3 Å². The highest BCUT2D eigenvalue weighted by Crippen LogP contribution is 2.20. The lowest BCUT2D eigenvalue weighted by atomic mass is 10.0. The largest absolute Gasteiger partial charge is 0.399 e. The average molecular weight is 316 g/mol. The van der Waals surface area contributed by atoms with Crippen molar-refractivity contribution in [3.05, 3.63) is 94.7 Å². The predicted octanol–water partition coefficient (Wildman–Crippen LogP) is 4.82. The molecule has 0 spiro atoms. The molecule has 0 radical (unpaired) electrons. The summed E-state index contributed by atoms with van der Waals surface area (Å²) in [4.78, 5) is 2.27. The second-order valence-electron chi connectivity index (χ2n) is 6.39. The zero-order valence-corrected chi connectivity index (χ0v) is 14.4. The van der Waals surface area contributed by atoms with Gasteiger partial charge >= 0.3 is 0 Å². The number of hydrogen-bond donors (Lipinski definition) is 1. The molecule has 0 aromatic heterocycles. The monoisotopic (exact) mass is 316 g/mol. The van der Waals surface area contributed by atoms with Crippen LogP contribution in [0, 0.1) is 6.92 Å². The van der Waals surface area contributed by atoms with E-state index in [-0.39, 0.29) is 0 Å². The molecule has 2 aromatic rings. The van der Waals surface area contributed by atoms with Crippen LogP contribution in [-0.4, -0.2) is 7.05 Å². The Kier molecular flexibility index (Phi) is 4.85. The first kappa shape index (κ1) is 16.1. The van der Waals surface area contributed by atoms with Crippen molar-refractivity contribution >= 4 is 11.8 Å². The molecular formula is C22H24N2. The van der Waals surface area contributed by atoms with Crippen molar-refractivity contribution in [2.24, 2.45) is 5.73 Å². The highest BCUT2D eigenvalue weighted by molar-refractivity contribution is 5.61. The van der Waals surface area contributed by atoms with Crippen molar-refractivity contribution < 1.29 is 0 Å². The van der Waals surface area contributed by atoms with Crippen LogP contribution in [0.2, 0.25) is 0 Å². The first-order valence-electron chi connectivity index (χ1n) is 8.31. The van der Waals surface area contributed by atoms with Crippen LogP contribution in [0.4, 0.5) is 5.69 Å². The second-order valence-corrected chi connectivity index (χ2v) is 6.39. The fraction of sp³-hybridized carbons (Fsp3) is 0.182. The first-order valence-corrected chi connectivity index (χ1v) is 8.31. The summed E-state index contributed by atoms with van der Waals surface area (Å²) in [5.74, 6) is 0. The number of rotatable bonds is 4. The zero-order valence-electron chi connectivity index (χ0n) is 14.4. The van der Waals surface area contributed by atoms with Gasteiger partial charge in [-0.2, -0.15) is 0 Å². The summed E-state index contributed by atoms with van der Waals surface area (Å²) in [6.45, 7) is 3.03. The van der Waals surface area contributed by atoms with Crippen molar-refractivity contribution in [1.29, 1.82) is 0 Å². The molecule has 0 heterocycles.